The lowest BCUT2D eigenvalue weighted by atomic mass is 9.87. The quantitative estimate of drug-likeness (QED) is 0.550. The van der Waals surface area contributed by atoms with E-state index in [-0.39, 0.29) is 24.9 Å². The number of likely N-dealkylation sites (tertiary alicyclic amines) is 1. The van der Waals surface area contributed by atoms with E-state index >= 15 is 0 Å². The third-order valence-electron chi connectivity index (χ3n) is 4.98. The molecule has 0 aliphatic carbocycles. The molecule has 0 aromatic carbocycles. The summed E-state index contributed by atoms with van der Waals surface area (Å²) in [6, 6.07) is 1.65. The standard InChI is InChI=1S/C17H28N4O2/c1-2-3-4-5-6-11-20-13-8-17(9-14-20)15(22)21(12-7-10-18)16(23)19-17/h2-9,11-14H2,1H3,(H,19,23). The van der Waals surface area contributed by atoms with Gasteiger partial charge in [0.2, 0.25) is 0 Å². The Labute approximate surface area is 138 Å². The first-order chi connectivity index (χ1) is 11.1. The van der Waals surface area contributed by atoms with E-state index in [1.165, 1.54) is 37.0 Å². The number of rotatable bonds is 8. The molecule has 0 radical (unpaired) electrons. The first kappa shape index (κ1) is 17.7. The summed E-state index contributed by atoms with van der Waals surface area (Å²) in [6.07, 6.45) is 7.90. The number of nitrogens with one attached hydrogen (secondary N) is 1. The second kappa shape index (κ2) is 8.30. The molecular formula is C17H28N4O2. The number of unbranched alkanes of at least 4 members (excludes halogenated alkanes) is 4. The molecule has 2 fully saturated rings. The average Bonchev–Trinajstić information content (AvgIpc) is 2.78. The molecule has 1 spiro atoms. The van der Waals surface area contributed by atoms with Crippen LogP contribution in [-0.4, -0.2) is 53.5 Å². The van der Waals surface area contributed by atoms with Crippen LogP contribution in [-0.2, 0) is 4.79 Å². The minimum absolute atomic E-state index is 0.139. The summed E-state index contributed by atoms with van der Waals surface area (Å²) in [5.74, 6) is -0.139. The molecule has 1 N–H and O–H groups in total. The number of imide groups is 1. The first-order valence-electron chi connectivity index (χ1n) is 8.86. The highest BCUT2D eigenvalue weighted by Crippen LogP contribution is 2.29. The molecule has 6 nitrogen and oxygen atoms in total. The van der Waals surface area contributed by atoms with E-state index in [4.69, 9.17) is 5.26 Å². The van der Waals surface area contributed by atoms with Crippen LogP contribution >= 0.6 is 0 Å². The number of hydrogen-bond acceptors (Lipinski definition) is 4. The highest BCUT2D eigenvalue weighted by Gasteiger charge is 2.51. The maximum absolute atomic E-state index is 12.6. The molecule has 2 aliphatic rings. The number of nitrogens with zero attached hydrogens (tertiary/aromatic N) is 3. The minimum atomic E-state index is -0.717. The normalized spacial score (nSPS) is 20.8. The zero-order chi connectivity index (χ0) is 16.7. The number of urea groups is 1. The van der Waals surface area contributed by atoms with Gasteiger partial charge in [0.25, 0.3) is 5.91 Å². The van der Waals surface area contributed by atoms with Crippen LogP contribution in [0.15, 0.2) is 0 Å². The van der Waals surface area contributed by atoms with Crippen molar-refractivity contribution in [2.75, 3.05) is 26.2 Å². The largest absolute Gasteiger partial charge is 0.325 e. The van der Waals surface area contributed by atoms with E-state index in [0.29, 0.717) is 12.8 Å². The highest BCUT2D eigenvalue weighted by atomic mass is 16.2. The second-order valence-corrected chi connectivity index (χ2v) is 6.63. The number of hydrogen-bond donors (Lipinski definition) is 1. The van der Waals surface area contributed by atoms with Gasteiger partial charge in [0, 0.05) is 19.6 Å². The number of nitriles is 1. The number of piperidine rings is 1. The monoisotopic (exact) mass is 320 g/mol. The van der Waals surface area contributed by atoms with Crippen LogP contribution in [0.1, 0.15) is 58.3 Å². The molecule has 2 saturated heterocycles. The van der Waals surface area contributed by atoms with Gasteiger partial charge in [0.1, 0.15) is 5.54 Å². The zero-order valence-corrected chi connectivity index (χ0v) is 14.1. The molecule has 2 heterocycles. The van der Waals surface area contributed by atoms with Crippen molar-refractivity contribution in [3.63, 3.8) is 0 Å². The number of amides is 3. The van der Waals surface area contributed by atoms with Crippen LogP contribution in [0.5, 0.6) is 0 Å². The van der Waals surface area contributed by atoms with Crippen LogP contribution in [0, 0.1) is 11.3 Å². The van der Waals surface area contributed by atoms with Gasteiger partial charge in [-0.05, 0) is 25.8 Å². The Morgan fingerprint density at radius 3 is 2.48 bits per heavy atom. The smallest absolute Gasteiger partial charge is 0.323 e. The van der Waals surface area contributed by atoms with E-state index < -0.39 is 5.54 Å². The summed E-state index contributed by atoms with van der Waals surface area (Å²) in [4.78, 5) is 28.2. The van der Waals surface area contributed by atoms with Crippen molar-refractivity contribution in [3.05, 3.63) is 0 Å². The molecule has 0 unspecified atom stereocenters. The molecule has 0 atom stereocenters. The van der Waals surface area contributed by atoms with Gasteiger partial charge < -0.3 is 10.2 Å². The summed E-state index contributed by atoms with van der Waals surface area (Å²) in [6.45, 7) is 5.21. The molecule has 128 valence electrons. The van der Waals surface area contributed by atoms with Crippen molar-refractivity contribution < 1.29 is 9.59 Å². The van der Waals surface area contributed by atoms with Crippen molar-refractivity contribution >= 4 is 11.9 Å². The molecule has 2 aliphatic heterocycles. The van der Waals surface area contributed by atoms with Crippen LogP contribution in [0.25, 0.3) is 0 Å². The fourth-order valence-electron chi connectivity index (χ4n) is 3.48. The van der Waals surface area contributed by atoms with E-state index in [2.05, 4.69) is 17.1 Å². The SMILES string of the molecule is CCCCCCCN1CCC2(CC1)NC(=O)N(CCC#N)C2=O. The molecule has 0 bridgehead atoms. The summed E-state index contributed by atoms with van der Waals surface area (Å²) in [5, 5.41) is 11.5. The molecule has 6 heteroatoms. The predicted molar refractivity (Wildman–Crippen MR) is 87.6 cm³/mol. The summed E-state index contributed by atoms with van der Waals surface area (Å²) in [5.41, 5.74) is -0.717. The maximum Gasteiger partial charge on any atom is 0.325 e. The van der Waals surface area contributed by atoms with Gasteiger partial charge in [-0.3, -0.25) is 9.69 Å². The van der Waals surface area contributed by atoms with Crippen molar-refractivity contribution in [1.82, 2.24) is 15.1 Å². The second-order valence-electron chi connectivity index (χ2n) is 6.63. The Kier molecular flexibility index (Phi) is 6.40. The van der Waals surface area contributed by atoms with Gasteiger partial charge in [-0.1, -0.05) is 32.6 Å². The Bertz CT molecular complexity index is 464. The van der Waals surface area contributed by atoms with Gasteiger partial charge in [0.05, 0.1) is 12.5 Å². The van der Waals surface area contributed by atoms with E-state index in [0.717, 1.165) is 19.6 Å². The van der Waals surface area contributed by atoms with Crippen LogP contribution in [0.2, 0.25) is 0 Å². The summed E-state index contributed by atoms with van der Waals surface area (Å²) >= 11 is 0. The zero-order valence-electron chi connectivity index (χ0n) is 14.1. The molecule has 0 aromatic rings. The van der Waals surface area contributed by atoms with Crippen LogP contribution < -0.4 is 5.32 Å². The molecular weight excluding hydrogens is 292 g/mol. The van der Waals surface area contributed by atoms with Crippen LogP contribution in [0.4, 0.5) is 4.79 Å². The van der Waals surface area contributed by atoms with Gasteiger partial charge >= 0.3 is 6.03 Å². The van der Waals surface area contributed by atoms with Crippen molar-refractivity contribution in [3.8, 4) is 6.07 Å². The van der Waals surface area contributed by atoms with Gasteiger partial charge in [-0.15, -0.1) is 0 Å². The van der Waals surface area contributed by atoms with Crippen molar-refractivity contribution in [1.29, 1.82) is 5.26 Å². The fourth-order valence-corrected chi connectivity index (χ4v) is 3.48. The van der Waals surface area contributed by atoms with Gasteiger partial charge in [-0.2, -0.15) is 5.26 Å². The Morgan fingerprint density at radius 1 is 1.13 bits per heavy atom. The predicted octanol–water partition coefficient (Wildman–Crippen LogP) is 2.26. The highest BCUT2D eigenvalue weighted by molar-refractivity contribution is 6.07. The Balaban J connectivity index is 1.78. The lowest BCUT2D eigenvalue weighted by Gasteiger charge is -2.37. The molecule has 0 saturated carbocycles. The number of carbonyl (C=O) groups excluding carboxylic acids is 2. The number of carbonyl (C=O) groups is 2. The van der Waals surface area contributed by atoms with Gasteiger partial charge in [-0.25, -0.2) is 4.79 Å². The topological polar surface area (TPSA) is 76.4 Å². The third kappa shape index (κ3) is 4.23. The van der Waals surface area contributed by atoms with E-state index in [1.54, 1.807) is 0 Å². The summed E-state index contributed by atoms with van der Waals surface area (Å²) in [7, 11) is 0. The maximum atomic E-state index is 12.6. The summed E-state index contributed by atoms with van der Waals surface area (Å²) < 4.78 is 0. The Hall–Kier alpha value is -1.61. The average molecular weight is 320 g/mol. The molecule has 2 rings (SSSR count). The lowest BCUT2D eigenvalue weighted by Crippen LogP contribution is -2.55. The molecule has 23 heavy (non-hydrogen) atoms. The first-order valence-corrected chi connectivity index (χ1v) is 8.86. The lowest BCUT2D eigenvalue weighted by molar-refractivity contribution is -0.132. The van der Waals surface area contributed by atoms with Crippen LogP contribution in [0.3, 0.4) is 0 Å². The third-order valence-corrected chi connectivity index (χ3v) is 4.98. The van der Waals surface area contributed by atoms with Gasteiger partial charge in [0.15, 0.2) is 0 Å². The molecule has 0 aromatic heterocycles. The fraction of sp³-hybridized carbons (Fsp3) is 0.824. The molecule has 3 amide bonds. The van der Waals surface area contributed by atoms with Crippen molar-refractivity contribution in [2.45, 2.75) is 63.8 Å². The Morgan fingerprint density at radius 2 is 1.83 bits per heavy atom. The minimum Gasteiger partial charge on any atom is -0.323 e. The van der Waals surface area contributed by atoms with Crippen molar-refractivity contribution in [2.24, 2.45) is 0 Å². The van der Waals surface area contributed by atoms with E-state index in [1.807, 2.05) is 6.07 Å². The van der Waals surface area contributed by atoms with E-state index in [9.17, 15) is 9.59 Å².